The molecule has 1 saturated heterocycles. The second-order valence-corrected chi connectivity index (χ2v) is 10.2. The third kappa shape index (κ3) is 5.46. The van der Waals surface area contributed by atoms with Crippen LogP contribution in [0.2, 0.25) is 5.02 Å². The summed E-state index contributed by atoms with van der Waals surface area (Å²) in [6, 6.07) is 11.5. The smallest absolute Gasteiger partial charge is 0.246 e. The van der Waals surface area contributed by atoms with Crippen molar-refractivity contribution in [1.82, 2.24) is 4.31 Å². The molecule has 0 aromatic heterocycles. The number of methoxy groups -OCH3 is 2. The van der Waals surface area contributed by atoms with Crippen molar-refractivity contribution in [3.05, 3.63) is 47.5 Å². The van der Waals surface area contributed by atoms with Crippen LogP contribution >= 0.6 is 11.6 Å². The largest absolute Gasteiger partial charge is 0.497 e. The number of benzene rings is 2. The summed E-state index contributed by atoms with van der Waals surface area (Å²) in [6.45, 7) is 0.511. The third-order valence-corrected chi connectivity index (χ3v) is 7.61. The van der Waals surface area contributed by atoms with Crippen molar-refractivity contribution < 1.29 is 27.4 Å². The van der Waals surface area contributed by atoms with E-state index in [0.29, 0.717) is 35.9 Å². The highest BCUT2D eigenvalue weighted by atomic mass is 35.5. The van der Waals surface area contributed by atoms with Crippen molar-refractivity contribution in [2.75, 3.05) is 33.9 Å². The first-order valence-corrected chi connectivity index (χ1v) is 11.9. The van der Waals surface area contributed by atoms with E-state index in [0.717, 1.165) is 0 Å². The molecule has 10 heteroatoms. The molecule has 32 heavy (non-hydrogen) atoms. The number of rotatable bonds is 9. The van der Waals surface area contributed by atoms with Gasteiger partial charge in [0.2, 0.25) is 15.9 Å². The van der Waals surface area contributed by atoms with Crippen LogP contribution in [0.15, 0.2) is 47.4 Å². The number of piperidine rings is 1. The number of sulfonamides is 1. The second kappa shape index (κ2) is 9.97. The molecule has 0 aliphatic carbocycles. The summed E-state index contributed by atoms with van der Waals surface area (Å²) in [6.07, 6.45) is 1.14. The van der Waals surface area contributed by atoms with Gasteiger partial charge in [0.1, 0.15) is 22.1 Å². The molecule has 174 valence electrons. The van der Waals surface area contributed by atoms with Crippen LogP contribution in [0.25, 0.3) is 0 Å². The lowest BCUT2D eigenvalue weighted by molar-refractivity contribution is -0.121. The minimum absolute atomic E-state index is 0.00462. The van der Waals surface area contributed by atoms with Crippen LogP contribution in [-0.2, 0) is 14.8 Å². The van der Waals surface area contributed by atoms with Gasteiger partial charge in [0.15, 0.2) is 0 Å². The SMILES string of the molecule is COc1ccc(OC)c(S(=O)(=O)N2CCC[C@@](COc3cccc(Cl)c3)(CC(N)=O)C2)c1. The first-order valence-electron chi connectivity index (χ1n) is 10.1. The number of halogens is 1. The maximum absolute atomic E-state index is 13.5. The predicted octanol–water partition coefficient (Wildman–Crippen LogP) is 3.08. The zero-order valence-electron chi connectivity index (χ0n) is 18.0. The van der Waals surface area contributed by atoms with E-state index in [2.05, 4.69) is 0 Å². The summed E-state index contributed by atoms with van der Waals surface area (Å²) < 4.78 is 44.8. The Kier molecular flexibility index (Phi) is 7.53. The lowest BCUT2D eigenvalue weighted by Gasteiger charge is -2.41. The Bertz CT molecular complexity index is 1080. The zero-order valence-corrected chi connectivity index (χ0v) is 19.6. The summed E-state index contributed by atoms with van der Waals surface area (Å²) >= 11 is 6.03. The van der Waals surface area contributed by atoms with E-state index in [1.165, 1.54) is 24.6 Å². The molecule has 0 spiro atoms. The average molecular weight is 483 g/mol. The first-order chi connectivity index (χ1) is 15.2. The molecule has 1 aliphatic heterocycles. The second-order valence-electron chi connectivity index (χ2n) is 7.85. The van der Waals surface area contributed by atoms with Gasteiger partial charge < -0.3 is 19.9 Å². The van der Waals surface area contributed by atoms with E-state index in [1.54, 1.807) is 36.4 Å². The van der Waals surface area contributed by atoms with E-state index >= 15 is 0 Å². The normalized spacial score (nSPS) is 19.3. The van der Waals surface area contributed by atoms with Gasteiger partial charge in [-0.1, -0.05) is 17.7 Å². The fourth-order valence-corrected chi connectivity index (χ4v) is 5.91. The highest BCUT2D eigenvalue weighted by Crippen LogP contribution is 2.39. The highest BCUT2D eigenvalue weighted by Gasteiger charge is 2.42. The minimum atomic E-state index is -3.93. The molecule has 0 radical (unpaired) electrons. The third-order valence-electron chi connectivity index (χ3n) is 5.51. The topological polar surface area (TPSA) is 108 Å². The molecule has 0 saturated carbocycles. The Balaban J connectivity index is 1.90. The number of nitrogens with zero attached hydrogens (tertiary/aromatic N) is 1. The molecule has 2 N–H and O–H groups in total. The highest BCUT2D eigenvalue weighted by molar-refractivity contribution is 7.89. The zero-order chi connectivity index (χ0) is 23.4. The number of ether oxygens (including phenoxy) is 3. The number of carbonyl (C=O) groups is 1. The van der Waals surface area contributed by atoms with E-state index < -0.39 is 21.3 Å². The van der Waals surface area contributed by atoms with Crippen LogP contribution < -0.4 is 19.9 Å². The van der Waals surface area contributed by atoms with E-state index in [-0.39, 0.29) is 30.2 Å². The summed E-state index contributed by atoms with van der Waals surface area (Å²) in [5, 5.41) is 0.518. The molecule has 1 atom stereocenters. The lowest BCUT2D eigenvalue weighted by Crippen LogP contribution is -2.50. The summed E-state index contributed by atoms with van der Waals surface area (Å²) in [4.78, 5) is 11.9. The van der Waals surface area contributed by atoms with Crippen LogP contribution in [0.5, 0.6) is 17.2 Å². The number of hydrogen-bond donors (Lipinski definition) is 1. The maximum atomic E-state index is 13.5. The number of nitrogens with two attached hydrogens (primary N) is 1. The standard InChI is InChI=1S/C22H27ClN2O6S/c1-29-17-7-8-19(30-2)20(12-17)32(27,28)25-10-4-9-22(14-25,13-21(24)26)15-31-18-6-3-5-16(23)11-18/h3,5-8,11-12H,4,9-10,13-15H2,1-2H3,(H2,24,26)/t22-/m1/s1. The van der Waals surface area contributed by atoms with Gasteiger partial charge in [-0.3, -0.25) is 4.79 Å². The summed E-state index contributed by atoms with van der Waals surface area (Å²) in [5.41, 5.74) is 4.76. The molecular formula is C22H27ClN2O6S. The molecule has 2 aromatic carbocycles. The van der Waals surface area contributed by atoms with Crippen LogP contribution in [-0.4, -0.2) is 52.5 Å². The molecule has 0 bridgehead atoms. The van der Waals surface area contributed by atoms with Gasteiger partial charge in [0, 0.05) is 36.0 Å². The number of amides is 1. The molecule has 1 aliphatic rings. The van der Waals surface area contributed by atoms with Crippen molar-refractivity contribution in [3.63, 3.8) is 0 Å². The Morgan fingerprint density at radius 1 is 1.16 bits per heavy atom. The molecule has 1 amide bonds. The number of hydrogen-bond acceptors (Lipinski definition) is 6. The van der Waals surface area contributed by atoms with Gasteiger partial charge in [0.25, 0.3) is 0 Å². The fourth-order valence-electron chi connectivity index (χ4n) is 3.97. The van der Waals surface area contributed by atoms with Crippen LogP contribution in [0.3, 0.4) is 0 Å². The van der Waals surface area contributed by atoms with Crippen LogP contribution in [0.1, 0.15) is 19.3 Å². The van der Waals surface area contributed by atoms with Crippen molar-refractivity contribution in [3.8, 4) is 17.2 Å². The van der Waals surface area contributed by atoms with Crippen LogP contribution in [0.4, 0.5) is 0 Å². The predicted molar refractivity (Wildman–Crippen MR) is 121 cm³/mol. The minimum Gasteiger partial charge on any atom is -0.497 e. The first kappa shape index (κ1) is 24.2. The molecule has 2 aromatic rings. The maximum Gasteiger partial charge on any atom is 0.246 e. The van der Waals surface area contributed by atoms with Gasteiger partial charge >= 0.3 is 0 Å². The molecule has 1 fully saturated rings. The lowest BCUT2D eigenvalue weighted by atomic mass is 9.78. The van der Waals surface area contributed by atoms with E-state index in [1.807, 2.05) is 0 Å². The van der Waals surface area contributed by atoms with Gasteiger partial charge in [0.05, 0.1) is 20.8 Å². The number of primary amides is 1. The van der Waals surface area contributed by atoms with Crippen LogP contribution in [0, 0.1) is 5.41 Å². The molecule has 1 heterocycles. The molecule has 0 unspecified atom stereocenters. The summed E-state index contributed by atoms with van der Waals surface area (Å²) in [7, 11) is -1.06. The van der Waals surface area contributed by atoms with Gasteiger partial charge in [-0.2, -0.15) is 4.31 Å². The quantitative estimate of drug-likeness (QED) is 0.588. The van der Waals surface area contributed by atoms with Gasteiger partial charge in [-0.15, -0.1) is 0 Å². The summed E-state index contributed by atoms with van der Waals surface area (Å²) in [5.74, 6) is 0.634. The Hall–Kier alpha value is -2.49. The Labute approximate surface area is 193 Å². The number of carbonyl (C=O) groups excluding carboxylic acids is 1. The van der Waals surface area contributed by atoms with Gasteiger partial charge in [-0.05, 0) is 43.2 Å². The average Bonchev–Trinajstić information content (AvgIpc) is 2.77. The fraction of sp³-hybridized carbons (Fsp3) is 0.409. The Morgan fingerprint density at radius 3 is 2.59 bits per heavy atom. The van der Waals surface area contributed by atoms with E-state index in [9.17, 15) is 13.2 Å². The monoisotopic (exact) mass is 482 g/mol. The molecular weight excluding hydrogens is 456 g/mol. The molecule has 3 rings (SSSR count). The van der Waals surface area contributed by atoms with Crippen molar-refractivity contribution >= 4 is 27.5 Å². The molecule has 8 nitrogen and oxygen atoms in total. The Morgan fingerprint density at radius 2 is 1.94 bits per heavy atom. The van der Waals surface area contributed by atoms with Crippen molar-refractivity contribution in [2.45, 2.75) is 24.2 Å². The van der Waals surface area contributed by atoms with Gasteiger partial charge in [-0.25, -0.2) is 8.42 Å². The van der Waals surface area contributed by atoms with Crippen molar-refractivity contribution in [2.24, 2.45) is 11.1 Å². The van der Waals surface area contributed by atoms with Crippen molar-refractivity contribution in [1.29, 1.82) is 0 Å². The van der Waals surface area contributed by atoms with E-state index in [4.69, 9.17) is 31.5 Å².